The summed E-state index contributed by atoms with van der Waals surface area (Å²) in [7, 11) is 0. The first-order valence-corrected chi connectivity index (χ1v) is 14.1. The lowest BCUT2D eigenvalue weighted by atomic mass is 9.66. The molecule has 3 nitrogen and oxygen atoms in total. The Morgan fingerprint density at radius 2 is 1.24 bits per heavy atom. The van der Waals surface area contributed by atoms with Gasteiger partial charge in [-0.25, -0.2) is 0 Å². The van der Waals surface area contributed by atoms with Crippen LogP contribution in [0.2, 0.25) is 0 Å². The van der Waals surface area contributed by atoms with Crippen LogP contribution in [0.15, 0.2) is 86.2 Å². The van der Waals surface area contributed by atoms with E-state index in [1.54, 1.807) is 0 Å². The van der Waals surface area contributed by atoms with E-state index in [0.717, 1.165) is 38.5 Å². The number of aliphatic hydroxyl groups excluding tert-OH is 1. The molecule has 178 valence electrons. The molecule has 0 bridgehead atoms. The molecule has 1 aliphatic carbocycles. The molecule has 0 spiro atoms. The van der Waals surface area contributed by atoms with Crippen LogP contribution in [0.25, 0.3) is 0 Å². The lowest BCUT2D eigenvalue weighted by Crippen LogP contribution is -2.63. The summed E-state index contributed by atoms with van der Waals surface area (Å²) >= 11 is 10.8. The SMILES string of the molecule is CC1(C)CC(O)C2CN(c3ccc(Br)cc3)C(c3ccc(Br)cc3)N(c3ccc(Br)cc3)C2C1. The highest BCUT2D eigenvalue weighted by atomic mass is 79.9. The Labute approximate surface area is 227 Å². The lowest BCUT2D eigenvalue weighted by molar-refractivity contribution is -0.00719. The van der Waals surface area contributed by atoms with Crippen molar-refractivity contribution < 1.29 is 5.11 Å². The Morgan fingerprint density at radius 3 is 1.79 bits per heavy atom. The molecule has 1 heterocycles. The first kappa shape index (κ1) is 24.4. The number of anilines is 2. The van der Waals surface area contributed by atoms with Crippen molar-refractivity contribution in [2.45, 2.75) is 45.0 Å². The monoisotopic (exact) mass is 646 g/mol. The van der Waals surface area contributed by atoms with Crippen molar-refractivity contribution in [2.24, 2.45) is 11.3 Å². The fourth-order valence-electron chi connectivity index (χ4n) is 5.78. The topological polar surface area (TPSA) is 26.7 Å². The summed E-state index contributed by atoms with van der Waals surface area (Å²) in [5, 5.41) is 11.4. The highest BCUT2D eigenvalue weighted by molar-refractivity contribution is 9.11. The minimum absolute atomic E-state index is 0.0119. The summed E-state index contributed by atoms with van der Waals surface area (Å²) in [6, 6.07) is 26.1. The van der Waals surface area contributed by atoms with Crippen LogP contribution in [-0.2, 0) is 0 Å². The zero-order valence-corrected chi connectivity index (χ0v) is 24.1. The molecule has 5 rings (SSSR count). The number of aliphatic hydroxyl groups is 1. The van der Waals surface area contributed by atoms with Crippen molar-refractivity contribution >= 4 is 59.2 Å². The Hall–Kier alpha value is -1.34. The largest absolute Gasteiger partial charge is 0.393 e. The number of benzene rings is 3. The normalized spacial score (nSPS) is 26.3. The van der Waals surface area contributed by atoms with E-state index in [2.05, 4.69) is 144 Å². The minimum atomic E-state index is -0.337. The van der Waals surface area contributed by atoms with E-state index >= 15 is 0 Å². The second-order valence-electron chi connectivity index (χ2n) is 10.3. The molecular weight excluding hydrogens is 620 g/mol. The van der Waals surface area contributed by atoms with Gasteiger partial charge in [0.15, 0.2) is 0 Å². The van der Waals surface area contributed by atoms with Gasteiger partial charge in [-0.2, -0.15) is 0 Å². The Balaban J connectivity index is 1.70. The van der Waals surface area contributed by atoms with E-state index in [0.29, 0.717) is 0 Å². The molecule has 1 N–H and O–H groups in total. The molecule has 0 radical (unpaired) electrons. The predicted octanol–water partition coefficient (Wildman–Crippen LogP) is 8.17. The fourth-order valence-corrected chi connectivity index (χ4v) is 6.57. The third-order valence-electron chi connectivity index (χ3n) is 7.29. The molecule has 6 heteroatoms. The van der Waals surface area contributed by atoms with Gasteiger partial charge in [0.2, 0.25) is 0 Å². The van der Waals surface area contributed by atoms with Crippen molar-refractivity contribution in [1.82, 2.24) is 0 Å². The van der Waals surface area contributed by atoms with Crippen LogP contribution in [0.3, 0.4) is 0 Å². The molecular formula is C28H29Br3N2O. The Bertz CT molecular complexity index is 1130. The number of halogens is 3. The van der Waals surface area contributed by atoms with Crippen molar-refractivity contribution in [1.29, 1.82) is 0 Å². The highest BCUT2D eigenvalue weighted by Gasteiger charge is 2.50. The average Bonchev–Trinajstić information content (AvgIpc) is 2.79. The molecule has 0 amide bonds. The molecule has 4 atom stereocenters. The fraction of sp³-hybridized carbons (Fsp3) is 0.357. The molecule has 1 saturated heterocycles. The zero-order chi connectivity index (χ0) is 24.0. The maximum atomic E-state index is 11.4. The maximum absolute atomic E-state index is 11.4. The molecule has 2 aliphatic rings. The smallest absolute Gasteiger partial charge is 0.128 e. The predicted molar refractivity (Wildman–Crippen MR) is 151 cm³/mol. The minimum Gasteiger partial charge on any atom is -0.393 e. The summed E-state index contributed by atoms with van der Waals surface area (Å²) in [5.41, 5.74) is 3.66. The van der Waals surface area contributed by atoms with Crippen LogP contribution < -0.4 is 9.80 Å². The molecule has 1 aliphatic heterocycles. The van der Waals surface area contributed by atoms with Crippen LogP contribution in [0.4, 0.5) is 11.4 Å². The lowest BCUT2D eigenvalue weighted by Gasteiger charge is -2.59. The van der Waals surface area contributed by atoms with E-state index in [1.165, 1.54) is 11.3 Å². The van der Waals surface area contributed by atoms with Gasteiger partial charge in [-0.1, -0.05) is 73.8 Å². The van der Waals surface area contributed by atoms with Gasteiger partial charge in [-0.3, -0.25) is 0 Å². The Kier molecular flexibility index (Phi) is 6.88. The molecule has 3 aromatic rings. The molecule has 1 saturated carbocycles. The second-order valence-corrected chi connectivity index (χ2v) is 13.1. The van der Waals surface area contributed by atoms with Gasteiger partial charge in [-0.15, -0.1) is 0 Å². The van der Waals surface area contributed by atoms with Crippen LogP contribution in [0.1, 0.15) is 38.4 Å². The van der Waals surface area contributed by atoms with Crippen molar-refractivity contribution in [3.63, 3.8) is 0 Å². The van der Waals surface area contributed by atoms with E-state index < -0.39 is 0 Å². The molecule has 0 aromatic heterocycles. The number of rotatable bonds is 3. The van der Waals surface area contributed by atoms with Crippen LogP contribution in [0.5, 0.6) is 0 Å². The number of hydrogen-bond acceptors (Lipinski definition) is 3. The van der Waals surface area contributed by atoms with Gasteiger partial charge >= 0.3 is 0 Å². The highest BCUT2D eigenvalue weighted by Crippen LogP contribution is 2.50. The molecule has 3 aromatic carbocycles. The van der Waals surface area contributed by atoms with Crippen LogP contribution >= 0.6 is 47.8 Å². The van der Waals surface area contributed by atoms with Gasteiger partial charge < -0.3 is 14.9 Å². The average molecular weight is 649 g/mol. The number of nitrogens with zero attached hydrogens (tertiary/aromatic N) is 2. The van der Waals surface area contributed by atoms with E-state index in [9.17, 15) is 5.11 Å². The number of hydrogen-bond donors (Lipinski definition) is 1. The molecule has 2 fully saturated rings. The Morgan fingerprint density at radius 1 is 0.735 bits per heavy atom. The third kappa shape index (κ3) is 4.84. The molecule has 4 unspecified atom stereocenters. The first-order chi connectivity index (χ1) is 16.2. The second kappa shape index (κ2) is 9.61. The van der Waals surface area contributed by atoms with Gasteiger partial charge in [0.25, 0.3) is 0 Å². The van der Waals surface area contributed by atoms with Gasteiger partial charge in [0, 0.05) is 43.3 Å². The van der Waals surface area contributed by atoms with Crippen molar-refractivity contribution in [3.8, 4) is 0 Å². The van der Waals surface area contributed by atoms with Gasteiger partial charge in [0.1, 0.15) is 6.17 Å². The van der Waals surface area contributed by atoms with E-state index in [4.69, 9.17) is 0 Å². The summed E-state index contributed by atoms with van der Waals surface area (Å²) in [6.07, 6.45) is 1.55. The van der Waals surface area contributed by atoms with Crippen LogP contribution in [0, 0.1) is 11.3 Å². The third-order valence-corrected chi connectivity index (χ3v) is 8.87. The molecule has 34 heavy (non-hydrogen) atoms. The maximum Gasteiger partial charge on any atom is 0.128 e. The summed E-state index contributed by atoms with van der Waals surface area (Å²) in [4.78, 5) is 5.04. The van der Waals surface area contributed by atoms with Gasteiger partial charge in [0.05, 0.1) is 6.10 Å². The first-order valence-electron chi connectivity index (χ1n) is 11.7. The van der Waals surface area contributed by atoms with E-state index in [1.807, 2.05) is 0 Å². The zero-order valence-electron chi connectivity index (χ0n) is 19.3. The van der Waals surface area contributed by atoms with E-state index in [-0.39, 0.29) is 29.6 Å². The number of fused-ring (bicyclic) bond motifs is 1. The standard InChI is InChI=1S/C28H29Br3N2O/c1-28(2)15-25-24(26(34)16-28)17-32(22-11-7-20(30)8-12-22)27(18-3-5-19(29)6-4-18)33(25)23-13-9-21(31)10-14-23/h3-14,24-27,34H,15-17H2,1-2H3. The summed E-state index contributed by atoms with van der Waals surface area (Å²) in [5.74, 6) is 0.159. The van der Waals surface area contributed by atoms with Crippen molar-refractivity contribution in [2.75, 3.05) is 16.3 Å². The summed E-state index contributed by atoms with van der Waals surface area (Å²) < 4.78 is 3.21. The quantitative estimate of drug-likeness (QED) is 0.310. The summed E-state index contributed by atoms with van der Waals surface area (Å²) in [6.45, 7) is 5.40. The van der Waals surface area contributed by atoms with Crippen molar-refractivity contribution in [3.05, 3.63) is 91.8 Å². The van der Waals surface area contributed by atoms with Crippen LogP contribution in [-0.4, -0.2) is 23.8 Å². The van der Waals surface area contributed by atoms with Gasteiger partial charge in [-0.05, 0) is 84.5 Å².